The highest BCUT2D eigenvalue weighted by atomic mass is 35.5. The number of aromatic amines is 1. The summed E-state index contributed by atoms with van der Waals surface area (Å²) in [5.74, 6) is -0.518. The number of hydrogen-bond acceptors (Lipinski definition) is 3. The molecule has 0 fully saturated rings. The van der Waals surface area contributed by atoms with E-state index in [0.29, 0.717) is 0 Å². The summed E-state index contributed by atoms with van der Waals surface area (Å²) in [6, 6.07) is 2.46. The monoisotopic (exact) mass is 202 g/mol. The molecule has 0 bridgehead atoms. The highest BCUT2D eigenvalue weighted by molar-refractivity contribution is 6.29. The fourth-order valence-electron chi connectivity index (χ4n) is 0.792. The van der Waals surface area contributed by atoms with Crippen molar-refractivity contribution in [3.8, 4) is 0 Å². The average molecular weight is 203 g/mol. The normalized spacial score (nSPS) is 9.69. The minimum Gasteiger partial charge on any atom is -0.313 e. The van der Waals surface area contributed by atoms with Crippen molar-refractivity contribution in [3.05, 3.63) is 33.2 Å². The Hall–Kier alpha value is -1.33. The zero-order valence-electron chi connectivity index (χ0n) is 6.76. The SMILES string of the molecule is CONC(=O)c1cc(Cl)[nH]c(=O)c1. The van der Waals surface area contributed by atoms with Crippen LogP contribution in [0.3, 0.4) is 0 Å². The molecule has 0 aromatic carbocycles. The number of halogens is 1. The van der Waals surface area contributed by atoms with Crippen molar-refractivity contribution >= 4 is 17.5 Å². The largest absolute Gasteiger partial charge is 0.313 e. The molecular weight excluding hydrogens is 196 g/mol. The summed E-state index contributed by atoms with van der Waals surface area (Å²) in [7, 11) is 1.30. The number of carbonyl (C=O) groups excluding carboxylic acids is 1. The van der Waals surface area contributed by atoms with Crippen LogP contribution in [0.15, 0.2) is 16.9 Å². The van der Waals surface area contributed by atoms with Gasteiger partial charge in [0, 0.05) is 11.6 Å². The Morgan fingerprint density at radius 1 is 1.62 bits per heavy atom. The van der Waals surface area contributed by atoms with E-state index in [-0.39, 0.29) is 10.7 Å². The standard InChI is InChI=1S/C7H7ClN2O3/c1-13-10-7(12)4-2-5(8)9-6(11)3-4/h2-3H,1H3,(H,9,11)(H,10,12). The number of rotatable bonds is 2. The maximum Gasteiger partial charge on any atom is 0.275 e. The maximum atomic E-state index is 11.1. The molecule has 5 nitrogen and oxygen atoms in total. The fourth-order valence-corrected chi connectivity index (χ4v) is 1.00. The quantitative estimate of drug-likeness (QED) is 0.536. The second-order valence-electron chi connectivity index (χ2n) is 2.22. The van der Waals surface area contributed by atoms with E-state index in [1.54, 1.807) is 0 Å². The first-order valence-corrected chi connectivity index (χ1v) is 3.74. The Morgan fingerprint density at radius 3 is 2.85 bits per heavy atom. The Labute approximate surface area is 78.6 Å². The van der Waals surface area contributed by atoms with Crippen LogP contribution >= 0.6 is 11.6 Å². The molecule has 0 atom stereocenters. The van der Waals surface area contributed by atoms with Gasteiger partial charge in [-0.05, 0) is 6.07 Å². The van der Waals surface area contributed by atoms with Gasteiger partial charge in [-0.1, -0.05) is 11.6 Å². The van der Waals surface area contributed by atoms with Gasteiger partial charge in [0.2, 0.25) is 5.56 Å². The molecule has 1 aromatic rings. The average Bonchev–Trinajstić information content (AvgIpc) is 2.03. The summed E-state index contributed by atoms with van der Waals surface area (Å²) in [5.41, 5.74) is 1.78. The summed E-state index contributed by atoms with van der Waals surface area (Å²) in [6.07, 6.45) is 0. The summed E-state index contributed by atoms with van der Waals surface area (Å²) in [6.45, 7) is 0. The molecule has 1 heterocycles. The highest BCUT2D eigenvalue weighted by Crippen LogP contribution is 2.03. The Bertz CT molecular complexity index is 374. The minimum atomic E-state index is -0.518. The number of aromatic nitrogens is 1. The van der Waals surface area contributed by atoms with Crippen LogP contribution in [0.2, 0.25) is 5.15 Å². The molecule has 2 N–H and O–H groups in total. The number of nitrogens with one attached hydrogen (secondary N) is 2. The summed E-state index contributed by atoms with van der Waals surface area (Å²) < 4.78 is 0. The van der Waals surface area contributed by atoms with Gasteiger partial charge in [0.15, 0.2) is 0 Å². The molecule has 0 aliphatic carbocycles. The van der Waals surface area contributed by atoms with E-state index in [9.17, 15) is 9.59 Å². The molecule has 0 radical (unpaired) electrons. The van der Waals surface area contributed by atoms with Crippen molar-refractivity contribution in [1.82, 2.24) is 10.5 Å². The van der Waals surface area contributed by atoms with Gasteiger partial charge in [-0.3, -0.25) is 14.4 Å². The van der Waals surface area contributed by atoms with Crippen LogP contribution < -0.4 is 11.0 Å². The first-order valence-electron chi connectivity index (χ1n) is 3.36. The van der Waals surface area contributed by atoms with Crippen molar-refractivity contribution in [2.45, 2.75) is 0 Å². The number of carbonyl (C=O) groups is 1. The van der Waals surface area contributed by atoms with Gasteiger partial charge in [0.05, 0.1) is 7.11 Å². The first-order chi connectivity index (χ1) is 6.13. The van der Waals surface area contributed by atoms with Crippen molar-refractivity contribution in [3.63, 3.8) is 0 Å². The van der Waals surface area contributed by atoms with Crippen LogP contribution in [0.1, 0.15) is 10.4 Å². The first kappa shape index (κ1) is 9.76. The van der Waals surface area contributed by atoms with Crippen LogP contribution in [0.25, 0.3) is 0 Å². The Kier molecular flexibility index (Phi) is 3.05. The summed E-state index contributed by atoms with van der Waals surface area (Å²) in [5, 5.41) is 0.105. The third kappa shape index (κ3) is 2.57. The molecule has 6 heteroatoms. The Balaban J connectivity index is 3.01. The predicted octanol–water partition coefficient (Wildman–Crippen LogP) is 0.320. The topological polar surface area (TPSA) is 71.2 Å². The van der Waals surface area contributed by atoms with Crippen molar-refractivity contribution in [2.24, 2.45) is 0 Å². The van der Waals surface area contributed by atoms with E-state index in [1.807, 2.05) is 0 Å². The third-order valence-electron chi connectivity index (χ3n) is 1.27. The van der Waals surface area contributed by atoms with Gasteiger partial charge >= 0.3 is 0 Å². The van der Waals surface area contributed by atoms with Crippen LogP contribution in [0, 0.1) is 0 Å². The third-order valence-corrected chi connectivity index (χ3v) is 1.47. The Morgan fingerprint density at radius 2 is 2.31 bits per heavy atom. The van der Waals surface area contributed by atoms with Gasteiger partial charge in [0.1, 0.15) is 5.15 Å². The molecule has 13 heavy (non-hydrogen) atoms. The van der Waals surface area contributed by atoms with Crippen LogP contribution in [0.4, 0.5) is 0 Å². The molecule has 1 amide bonds. The maximum absolute atomic E-state index is 11.1. The van der Waals surface area contributed by atoms with Gasteiger partial charge < -0.3 is 4.98 Å². The lowest BCUT2D eigenvalue weighted by Gasteiger charge is -2.00. The van der Waals surface area contributed by atoms with Gasteiger partial charge in [-0.15, -0.1) is 0 Å². The summed E-state index contributed by atoms with van der Waals surface area (Å²) in [4.78, 5) is 28.6. The van der Waals surface area contributed by atoms with E-state index in [2.05, 4.69) is 15.3 Å². The van der Waals surface area contributed by atoms with Crippen molar-refractivity contribution in [1.29, 1.82) is 0 Å². The molecule has 0 aliphatic rings. The number of H-pyrrole nitrogens is 1. The second kappa shape index (κ2) is 4.06. The molecule has 0 unspecified atom stereocenters. The van der Waals surface area contributed by atoms with Gasteiger partial charge in [-0.25, -0.2) is 5.48 Å². The van der Waals surface area contributed by atoms with Gasteiger partial charge in [0.25, 0.3) is 5.91 Å². The lowest BCUT2D eigenvalue weighted by molar-refractivity contribution is 0.0537. The molecule has 0 aliphatic heterocycles. The van der Waals surface area contributed by atoms with E-state index in [0.717, 1.165) is 6.07 Å². The zero-order chi connectivity index (χ0) is 9.84. The predicted molar refractivity (Wildman–Crippen MR) is 46.5 cm³/mol. The van der Waals surface area contributed by atoms with Crippen LogP contribution in [-0.2, 0) is 4.84 Å². The number of hydroxylamine groups is 1. The number of amides is 1. The molecule has 0 spiro atoms. The molecule has 70 valence electrons. The number of pyridine rings is 1. The lowest BCUT2D eigenvalue weighted by Crippen LogP contribution is -2.23. The fraction of sp³-hybridized carbons (Fsp3) is 0.143. The van der Waals surface area contributed by atoms with E-state index >= 15 is 0 Å². The molecule has 0 saturated carbocycles. The number of hydrogen-bond donors (Lipinski definition) is 2. The lowest BCUT2D eigenvalue weighted by atomic mass is 10.2. The zero-order valence-corrected chi connectivity index (χ0v) is 7.51. The van der Waals surface area contributed by atoms with Gasteiger partial charge in [-0.2, -0.15) is 0 Å². The highest BCUT2D eigenvalue weighted by Gasteiger charge is 2.06. The molecule has 1 aromatic heterocycles. The smallest absolute Gasteiger partial charge is 0.275 e. The molecule has 0 saturated heterocycles. The van der Waals surface area contributed by atoms with E-state index in [4.69, 9.17) is 11.6 Å². The van der Waals surface area contributed by atoms with E-state index in [1.165, 1.54) is 13.2 Å². The van der Waals surface area contributed by atoms with Crippen molar-refractivity contribution in [2.75, 3.05) is 7.11 Å². The molecule has 1 rings (SSSR count). The molecular formula is C7H7ClN2O3. The van der Waals surface area contributed by atoms with E-state index < -0.39 is 11.5 Å². The summed E-state index contributed by atoms with van der Waals surface area (Å²) >= 11 is 5.52. The van der Waals surface area contributed by atoms with Crippen LogP contribution in [0.5, 0.6) is 0 Å². The van der Waals surface area contributed by atoms with Crippen LogP contribution in [-0.4, -0.2) is 18.0 Å². The second-order valence-corrected chi connectivity index (χ2v) is 2.62. The minimum absolute atomic E-state index is 0.105. The van der Waals surface area contributed by atoms with Crippen molar-refractivity contribution < 1.29 is 9.63 Å².